The minimum Gasteiger partial charge on any atom is -0.464 e. The van der Waals surface area contributed by atoms with Gasteiger partial charge in [0.1, 0.15) is 11.4 Å². The molecule has 3 rings (SSSR count). The molecule has 142 valence electrons. The molecular weight excluding hydrogens is 375 g/mol. The normalized spacial score (nSPS) is 18.1. The monoisotopic (exact) mass is 392 g/mol. The van der Waals surface area contributed by atoms with E-state index in [4.69, 9.17) is 9.47 Å². The average Bonchev–Trinajstić information content (AvgIpc) is 3.14. The molecule has 7 nitrogen and oxygen atoms in total. The van der Waals surface area contributed by atoms with Crippen LogP contribution in [-0.2, 0) is 19.1 Å². The lowest BCUT2D eigenvalue weighted by Gasteiger charge is -2.23. The number of cyclic esters (lactones) is 1. The fraction of sp³-hybridized carbons (Fsp3) is 0.333. The first-order valence-electron chi connectivity index (χ1n) is 8.09. The maximum atomic E-state index is 13.2. The fourth-order valence-corrected chi connectivity index (χ4v) is 3.79. The Morgan fingerprint density at radius 2 is 2.00 bits per heavy atom. The van der Waals surface area contributed by atoms with Crippen LogP contribution in [-0.4, -0.2) is 35.5 Å². The van der Waals surface area contributed by atoms with Crippen molar-refractivity contribution in [3.05, 3.63) is 35.8 Å². The van der Waals surface area contributed by atoms with E-state index in [2.05, 4.69) is 10.3 Å². The quantitative estimate of drug-likeness (QED) is 0.804. The first-order chi connectivity index (χ1) is 12.7. The van der Waals surface area contributed by atoms with Crippen molar-refractivity contribution in [1.82, 2.24) is 4.98 Å². The molecule has 0 unspecified atom stereocenters. The van der Waals surface area contributed by atoms with E-state index in [-0.39, 0.29) is 17.2 Å². The van der Waals surface area contributed by atoms with E-state index in [1.165, 1.54) is 31.4 Å². The van der Waals surface area contributed by atoms with Crippen LogP contribution in [0.15, 0.2) is 24.3 Å². The molecule has 0 radical (unpaired) electrons. The average molecular weight is 392 g/mol. The molecule has 0 spiro atoms. The zero-order valence-electron chi connectivity index (χ0n) is 14.9. The van der Waals surface area contributed by atoms with E-state index < -0.39 is 35.2 Å². The molecule has 9 heteroatoms. The van der Waals surface area contributed by atoms with Gasteiger partial charge in [0.05, 0.1) is 24.3 Å². The van der Waals surface area contributed by atoms with Gasteiger partial charge in [-0.3, -0.25) is 9.59 Å². The molecule has 1 atom stereocenters. The third-order valence-corrected chi connectivity index (χ3v) is 5.27. The summed E-state index contributed by atoms with van der Waals surface area (Å²) in [6.45, 7) is 3.32. The van der Waals surface area contributed by atoms with Gasteiger partial charge in [0.15, 0.2) is 10.8 Å². The smallest absolute Gasteiger partial charge is 0.358 e. The van der Waals surface area contributed by atoms with Crippen LogP contribution in [0.3, 0.4) is 0 Å². The van der Waals surface area contributed by atoms with Gasteiger partial charge in [-0.2, -0.15) is 0 Å². The number of nitrogens with one attached hydrogen (secondary N) is 1. The summed E-state index contributed by atoms with van der Waals surface area (Å²) in [6.07, 6.45) is -0.0289. The van der Waals surface area contributed by atoms with Crippen molar-refractivity contribution >= 4 is 34.3 Å². The Bertz CT molecular complexity index is 907. The molecule has 2 heterocycles. The van der Waals surface area contributed by atoms with Crippen LogP contribution in [0, 0.1) is 11.7 Å². The summed E-state index contributed by atoms with van der Waals surface area (Å²) in [4.78, 5) is 40.7. The second-order valence-electron chi connectivity index (χ2n) is 6.52. The standard InChI is InChI=1S/C18H17FN2O5S/c1-18(2)11(8-12(22)26-18)15(23)21-17-20-13(16(24)25-3)14(27-17)9-4-6-10(19)7-5-9/h4-7,11H,8H2,1-3H3,(H,20,21,23)/t11-/m1/s1. The van der Waals surface area contributed by atoms with Crippen LogP contribution in [0.1, 0.15) is 30.8 Å². The topological polar surface area (TPSA) is 94.6 Å². The maximum absolute atomic E-state index is 13.2. The molecule has 1 N–H and O–H groups in total. The number of rotatable bonds is 4. The first kappa shape index (κ1) is 19.0. The Kier molecular flexibility index (Phi) is 4.97. The van der Waals surface area contributed by atoms with E-state index in [1.54, 1.807) is 13.8 Å². The molecule has 1 aliphatic rings. The highest BCUT2D eigenvalue weighted by Gasteiger charge is 2.46. The number of amides is 1. The van der Waals surface area contributed by atoms with Gasteiger partial charge in [0.2, 0.25) is 5.91 Å². The van der Waals surface area contributed by atoms with Crippen molar-refractivity contribution in [1.29, 1.82) is 0 Å². The molecule has 27 heavy (non-hydrogen) atoms. The van der Waals surface area contributed by atoms with Crippen molar-refractivity contribution in [3.8, 4) is 10.4 Å². The highest BCUT2D eigenvalue weighted by atomic mass is 32.1. The number of nitrogens with zero attached hydrogens (tertiary/aromatic N) is 1. The molecule has 1 aliphatic heterocycles. The second-order valence-corrected chi connectivity index (χ2v) is 7.52. The van der Waals surface area contributed by atoms with Crippen molar-refractivity contribution < 1.29 is 28.2 Å². The second kappa shape index (κ2) is 7.07. The third kappa shape index (κ3) is 3.82. The van der Waals surface area contributed by atoms with Gasteiger partial charge in [0.25, 0.3) is 0 Å². The summed E-state index contributed by atoms with van der Waals surface area (Å²) < 4.78 is 23.1. The SMILES string of the molecule is COC(=O)c1nc(NC(=O)[C@H]2CC(=O)OC2(C)C)sc1-c1ccc(F)cc1. The van der Waals surface area contributed by atoms with Crippen molar-refractivity contribution in [2.75, 3.05) is 12.4 Å². The van der Waals surface area contributed by atoms with Gasteiger partial charge < -0.3 is 14.8 Å². The minimum atomic E-state index is -0.927. The molecule has 1 saturated heterocycles. The van der Waals surface area contributed by atoms with E-state index in [0.29, 0.717) is 10.4 Å². The zero-order chi connectivity index (χ0) is 19.8. The van der Waals surface area contributed by atoms with Crippen LogP contribution in [0.25, 0.3) is 10.4 Å². The molecule has 1 amide bonds. The number of ether oxygens (including phenoxy) is 2. The first-order valence-corrected chi connectivity index (χ1v) is 8.90. The Morgan fingerprint density at radius 1 is 1.33 bits per heavy atom. The summed E-state index contributed by atoms with van der Waals surface area (Å²) in [5, 5.41) is 2.81. The highest BCUT2D eigenvalue weighted by Crippen LogP contribution is 2.36. The van der Waals surface area contributed by atoms with Gasteiger partial charge in [-0.1, -0.05) is 23.5 Å². The number of methoxy groups -OCH3 is 1. The number of esters is 2. The zero-order valence-corrected chi connectivity index (χ0v) is 15.7. The Balaban J connectivity index is 1.90. The number of halogens is 1. The molecule has 0 saturated carbocycles. The van der Waals surface area contributed by atoms with E-state index in [9.17, 15) is 18.8 Å². The molecule has 0 aliphatic carbocycles. The van der Waals surface area contributed by atoms with Crippen molar-refractivity contribution in [2.45, 2.75) is 25.9 Å². The van der Waals surface area contributed by atoms with E-state index in [1.807, 2.05) is 0 Å². The summed E-state index contributed by atoms with van der Waals surface area (Å²) in [7, 11) is 1.22. The van der Waals surface area contributed by atoms with Crippen molar-refractivity contribution in [3.63, 3.8) is 0 Å². The van der Waals surface area contributed by atoms with Crippen molar-refractivity contribution in [2.24, 2.45) is 5.92 Å². The van der Waals surface area contributed by atoms with Gasteiger partial charge in [-0.05, 0) is 31.5 Å². The molecule has 1 fully saturated rings. The van der Waals surface area contributed by atoms with E-state index >= 15 is 0 Å². The fourth-order valence-electron chi connectivity index (χ4n) is 2.83. The van der Waals surface area contributed by atoms with Crippen LogP contribution in [0.4, 0.5) is 9.52 Å². The summed E-state index contributed by atoms with van der Waals surface area (Å²) in [6, 6.07) is 5.54. The van der Waals surface area contributed by atoms with Gasteiger partial charge in [-0.25, -0.2) is 14.2 Å². The minimum absolute atomic E-state index is 0.0161. The number of benzene rings is 1. The molecule has 1 aromatic heterocycles. The molecular formula is C18H17FN2O5S. The van der Waals surface area contributed by atoms with Gasteiger partial charge in [0, 0.05) is 0 Å². The lowest BCUT2D eigenvalue weighted by Crippen LogP contribution is -2.36. The van der Waals surface area contributed by atoms with Gasteiger partial charge in [-0.15, -0.1) is 0 Å². The third-order valence-electron chi connectivity index (χ3n) is 4.25. The number of anilines is 1. The predicted octanol–water partition coefficient (Wildman–Crippen LogP) is 3.02. The number of hydrogen-bond donors (Lipinski definition) is 1. The summed E-state index contributed by atoms with van der Waals surface area (Å²) >= 11 is 1.06. The van der Waals surface area contributed by atoms with Crippen LogP contribution >= 0.6 is 11.3 Å². The van der Waals surface area contributed by atoms with Crippen LogP contribution < -0.4 is 5.32 Å². The Hall–Kier alpha value is -2.81. The lowest BCUT2D eigenvalue weighted by molar-refractivity contribution is -0.147. The highest BCUT2D eigenvalue weighted by molar-refractivity contribution is 7.19. The lowest BCUT2D eigenvalue weighted by atomic mass is 9.90. The maximum Gasteiger partial charge on any atom is 0.358 e. The number of thiazole rings is 1. The largest absolute Gasteiger partial charge is 0.464 e. The molecule has 1 aromatic carbocycles. The summed E-state index contributed by atoms with van der Waals surface area (Å²) in [5.41, 5.74) is -0.347. The van der Waals surface area contributed by atoms with Gasteiger partial charge >= 0.3 is 11.9 Å². The number of carbonyl (C=O) groups excluding carboxylic acids is 3. The number of aromatic nitrogens is 1. The predicted molar refractivity (Wildman–Crippen MR) is 95.8 cm³/mol. The Morgan fingerprint density at radius 3 is 2.56 bits per heavy atom. The molecule has 2 aromatic rings. The molecule has 0 bridgehead atoms. The summed E-state index contributed by atoms with van der Waals surface area (Å²) in [5.74, 6) is -2.64. The number of carbonyl (C=O) groups is 3. The van der Waals surface area contributed by atoms with Crippen LogP contribution in [0.2, 0.25) is 0 Å². The van der Waals surface area contributed by atoms with Crippen LogP contribution in [0.5, 0.6) is 0 Å². The van der Waals surface area contributed by atoms with E-state index in [0.717, 1.165) is 11.3 Å². The Labute approximate surface area is 158 Å². The number of hydrogen-bond acceptors (Lipinski definition) is 7.